The number of rotatable bonds is 4. The molecule has 1 aromatic carbocycles. The normalized spacial score (nSPS) is 16.0. The van der Waals surface area contributed by atoms with E-state index in [1.807, 2.05) is 12.3 Å². The quantitative estimate of drug-likeness (QED) is 0.906. The maximum atomic E-state index is 11.1. The highest BCUT2D eigenvalue weighted by Crippen LogP contribution is 2.30. The first-order valence-corrected chi connectivity index (χ1v) is 8.17. The third-order valence-electron chi connectivity index (χ3n) is 4.34. The number of nitrogens with one attached hydrogen (secondary N) is 1. The van der Waals surface area contributed by atoms with Crippen molar-refractivity contribution in [1.29, 1.82) is 0 Å². The molecule has 122 valence electrons. The van der Waals surface area contributed by atoms with Gasteiger partial charge in [0.05, 0.1) is 5.92 Å². The molecule has 0 saturated carbocycles. The van der Waals surface area contributed by atoms with Crippen molar-refractivity contribution in [3.05, 3.63) is 30.5 Å². The fraction of sp³-hybridized carbons (Fsp3) is 0.444. The molecule has 2 aromatic rings. The Morgan fingerprint density at radius 1 is 1.30 bits per heavy atom. The van der Waals surface area contributed by atoms with Gasteiger partial charge < -0.3 is 15.3 Å². The molecular weight excluding hydrogens is 290 g/mol. The average Bonchev–Trinajstić information content (AvgIpc) is 2.54. The largest absolute Gasteiger partial charge is 0.481 e. The van der Waals surface area contributed by atoms with Crippen LogP contribution in [0.4, 0.5) is 11.5 Å². The molecule has 3 rings (SSSR count). The summed E-state index contributed by atoms with van der Waals surface area (Å²) in [5, 5.41) is 14.8. The third kappa shape index (κ3) is 3.38. The number of hydrogen-bond donors (Lipinski definition) is 2. The Hall–Kier alpha value is -2.30. The van der Waals surface area contributed by atoms with Crippen molar-refractivity contribution in [2.45, 2.75) is 32.7 Å². The lowest BCUT2D eigenvalue weighted by molar-refractivity contribution is -0.142. The van der Waals surface area contributed by atoms with Gasteiger partial charge in [0.1, 0.15) is 5.82 Å². The number of aliphatic carboxylic acids is 1. The van der Waals surface area contributed by atoms with Crippen LogP contribution in [-0.4, -0.2) is 35.2 Å². The number of anilines is 2. The SMILES string of the molecule is CC(C)Nc1ccc2ccnc(N3CCC(C(=O)O)CC3)c2c1. The maximum absolute atomic E-state index is 11.1. The molecule has 1 fully saturated rings. The van der Waals surface area contributed by atoms with E-state index in [0.717, 1.165) is 35.4 Å². The van der Waals surface area contributed by atoms with E-state index in [4.69, 9.17) is 5.11 Å². The lowest BCUT2D eigenvalue weighted by Gasteiger charge is -2.31. The highest BCUT2D eigenvalue weighted by molar-refractivity contribution is 5.94. The minimum Gasteiger partial charge on any atom is -0.481 e. The van der Waals surface area contributed by atoms with Crippen LogP contribution < -0.4 is 10.2 Å². The van der Waals surface area contributed by atoms with Crippen LogP contribution in [0.1, 0.15) is 26.7 Å². The van der Waals surface area contributed by atoms with Crippen molar-refractivity contribution in [2.24, 2.45) is 5.92 Å². The average molecular weight is 313 g/mol. The fourth-order valence-electron chi connectivity index (χ4n) is 3.17. The minimum absolute atomic E-state index is 0.223. The van der Waals surface area contributed by atoms with Crippen LogP contribution in [0.5, 0.6) is 0 Å². The number of carboxylic acid groups (broad SMARTS) is 1. The van der Waals surface area contributed by atoms with E-state index < -0.39 is 5.97 Å². The molecule has 0 radical (unpaired) electrons. The van der Waals surface area contributed by atoms with E-state index in [9.17, 15) is 4.79 Å². The number of piperidine rings is 1. The van der Waals surface area contributed by atoms with Gasteiger partial charge in [0, 0.05) is 36.4 Å². The number of carboxylic acids is 1. The highest BCUT2D eigenvalue weighted by Gasteiger charge is 2.25. The van der Waals surface area contributed by atoms with Crippen LogP contribution in [-0.2, 0) is 4.79 Å². The van der Waals surface area contributed by atoms with Gasteiger partial charge >= 0.3 is 5.97 Å². The first-order chi connectivity index (χ1) is 11.0. The van der Waals surface area contributed by atoms with Crippen molar-refractivity contribution in [3.8, 4) is 0 Å². The van der Waals surface area contributed by atoms with Crippen LogP contribution in [0.15, 0.2) is 30.5 Å². The van der Waals surface area contributed by atoms with Crippen LogP contribution in [0.25, 0.3) is 10.8 Å². The third-order valence-corrected chi connectivity index (χ3v) is 4.34. The molecule has 0 bridgehead atoms. The van der Waals surface area contributed by atoms with Crippen LogP contribution in [0.3, 0.4) is 0 Å². The summed E-state index contributed by atoms with van der Waals surface area (Å²) in [6.45, 7) is 5.71. The van der Waals surface area contributed by atoms with Crippen molar-refractivity contribution in [1.82, 2.24) is 4.98 Å². The predicted molar refractivity (Wildman–Crippen MR) is 93.1 cm³/mol. The zero-order valence-electron chi connectivity index (χ0n) is 13.6. The van der Waals surface area contributed by atoms with Gasteiger partial charge in [-0.1, -0.05) is 6.07 Å². The first-order valence-electron chi connectivity index (χ1n) is 8.17. The second-order valence-electron chi connectivity index (χ2n) is 6.47. The zero-order valence-corrected chi connectivity index (χ0v) is 13.6. The Kier molecular flexibility index (Phi) is 4.37. The number of nitrogens with zero attached hydrogens (tertiary/aromatic N) is 2. The Bertz CT molecular complexity index is 706. The summed E-state index contributed by atoms with van der Waals surface area (Å²) < 4.78 is 0. The Morgan fingerprint density at radius 2 is 2.04 bits per heavy atom. The molecule has 0 atom stereocenters. The predicted octanol–water partition coefficient (Wildman–Crippen LogP) is 3.36. The number of pyridine rings is 1. The minimum atomic E-state index is -0.682. The first kappa shape index (κ1) is 15.6. The monoisotopic (exact) mass is 313 g/mol. The summed E-state index contributed by atoms with van der Waals surface area (Å²) >= 11 is 0. The molecule has 0 unspecified atom stereocenters. The lowest BCUT2D eigenvalue weighted by Crippen LogP contribution is -2.36. The molecule has 5 heteroatoms. The molecule has 1 aromatic heterocycles. The molecule has 0 amide bonds. The standard InChI is InChI=1S/C18H23N3O2/c1-12(2)20-15-4-3-13-5-8-19-17(16(13)11-15)21-9-6-14(7-10-21)18(22)23/h3-5,8,11-12,14,20H,6-7,9-10H2,1-2H3,(H,22,23). The van der Waals surface area contributed by atoms with Gasteiger partial charge in [-0.25, -0.2) is 4.98 Å². The van der Waals surface area contributed by atoms with E-state index in [1.165, 1.54) is 0 Å². The molecular formula is C18H23N3O2. The second kappa shape index (κ2) is 6.44. The molecule has 1 aliphatic heterocycles. The van der Waals surface area contributed by atoms with Gasteiger partial charge in [-0.2, -0.15) is 0 Å². The summed E-state index contributed by atoms with van der Waals surface area (Å²) in [7, 11) is 0. The van der Waals surface area contributed by atoms with Gasteiger partial charge in [-0.3, -0.25) is 4.79 Å². The smallest absolute Gasteiger partial charge is 0.306 e. The van der Waals surface area contributed by atoms with E-state index in [2.05, 4.69) is 47.2 Å². The molecule has 2 N–H and O–H groups in total. The summed E-state index contributed by atoms with van der Waals surface area (Å²) in [6.07, 6.45) is 3.19. The molecule has 1 aliphatic rings. The lowest BCUT2D eigenvalue weighted by atomic mass is 9.97. The van der Waals surface area contributed by atoms with Crippen LogP contribution in [0, 0.1) is 5.92 Å². The Labute approximate surface area is 136 Å². The highest BCUT2D eigenvalue weighted by atomic mass is 16.4. The molecule has 5 nitrogen and oxygen atoms in total. The Balaban J connectivity index is 1.89. The van der Waals surface area contributed by atoms with Crippen molar-refractivity contribution in [2.75, 3.05) is 23.3 Å². The molecule has 0 aliphatic carbocycles. The summed E-state index contributed by atoms with van der Waals surface area (Å²) in [5.41, 5.74) is 1.09. The van der Waals surface area contributed by atoms with Crippen molar-refractivity contribution in [3.63, 3.8) is 0 Å². The molecule has 0 spiro atoms. The maximum Gasteiger partial charge on any atom is 0.306 e. The van der Waals surface area contributed by atoms with E-state index in [-0.39, 0.29) is 5.92 Å². The number of fused-ring (bicyclic) bond motifs is 1. The fourth-order valence-corrected chi connectivity index (χ4v) is 3.17. The zero-order chi connectivity index (χ0) is 16.4. The van der Waals surface area contributed by atoms with E-state index in [1.54, 1.807) is 0 Å². The second-order valence-corrected chi connectivity index (χ2v) is 6.47. The van der Waals surface area contributed by atoms with Crippen molar-refractivity contribution < 1.29 is 9.90 Å². The van der Waals surface area contributed by atoms with Gasteiger partial charge in [0.25, 0.3) is 0 Å². The van der Waals surface area contributed by atoms with Gasteiger partial charge in [0.2, 0.25) is 0 Å². The number of hydrogen-bond acceptors (Lipinski definition) is 4. The molecule has 1 saturated heterocycles. The van der Waals surface area contributed by atoms with Gasteiger partial charge in [-0.05, 0) is 50.3 Å². The van der Waals surface area contributed by atoms with Crippen molar-refractivity contribution >= 4 is 28.2 Å². The van der Waals surface area contributed by atoms with Gasteiger partial charge in [0.15, 0.2) is 0 Å². The topological polar surface area (TPSA) is 65.5 Å². The molecule has 2 heterocycles. The summed E-state index contributed by atoms with van der Waals surface area (Å²) in [4.78, 5) is 17.9. The summed E-state index contributed by atoms with van der Waals surface area (Å²) in [5.74, 6) is 0.0529. The number of benzene rings is 1. The Morgan fingerprint density at radius 3 is 2.70 bits per heavy atom. The van der Waals surface area contributed by atoms with Crippen LogP contribution in [0.2, 0.25) is 0 Å². The van der Waals surface area contributed by atoms with Crippen LogP contribution >= 0.6 is 0 Å². The summed E-state index contributed by atoms with van der Waals surface area (Å²) in [6, 6.07) is 8.72. The number of aromatic nitrogens is 1. The number of carbonyl (C=O) groups is 1. The van der Waals surface area contributed by atoms with E-state index >= 15 is 0 Å². The molecule has 23 heavy (non-hydrogen) atoms. The van der Waals surface area contributed by atoms with Gasteiger partial charge in [-0.15, -0.1) is 0 Å². The van der Waals surface area contributed by atoms with E-state index in [0.29, 0.717) is 18.9 Å².